The number of aryl methyl sites for hydroxylation is 1. The molecule has 0 N–H and O–H groups in total. The number of carbonyl (C=O) groups is 2. The van der Waals surface area contributed by atoms with Gasteiger partial charge in [-0.1, -0.05) is 0 Å². The highest BCUT2D eigenvalue weighted by molar-refractivity contribution is 5.92. The Morgan fingerprint density at radius 2 is 1.92 bits per heavy atom. The number of likely N-dealkylation sites (tertiary alicyclic amines) is 2. The molecular weight excluding hydrogens is 310 g/mol. The molecule has 3 rings (SSSR count). The van der Waals surface area contributed by atoms with Crippen LogP contribution in [0, 0.1) is 0 Å². The molecule has 0 aliphatic carbocycles. The van der Waals surface area contributed by atoms with E-state index in [2.05, 4.69) is 10.2 Å². The number of hydrogen-bond donors (Lipinski definition) is 0. The van der Waals surface area contributed by atoms with Crippen molar-refractivity contribution in [2.45, 2.75) is 44.2 Å². The van der Waals surface area contributed by atoms with Gasteiger partial charge in [-0.25, -0.2) is 0 Å². The Labute approximate surface area is 141 Å². The first kappa shape index (κ1) is 16.9. The second-order valence-electron chi connectivity index (χ2n) is 6.52. The molecule has 0 bridgehead atoms. The zero-order valence-electron chi connectivity index (χ0n) is 14.2. The molecule has 2 saturated heterocycles. The molecule has 8 nitrogen and oxygen atoms in total. The zero-order valence-corrected chi connectivity index (χ0v) is 14.2. The summed E-state index contributed by atoms with van der Waals surface area (Å²) < 4.78 is 6.90. The summed E-state index contributed by atoms with van der Waals surface area (Å²) in [4.78, 5) is 29.5. The molecule has 0 radical (unpaired) electrons. The number of aromatic nitrogens is 3. The van der Waals surface area contributed by atoms with Crippen LogP contribution in [0.4, 0.5) is 0 Å². The molecule has 2 aliphatic heterocycles. The van der Waals surface area contributed by atoms with E-state index in [0.29, 0.717) is 32.7 Å². The minimum atomic E-state index is -0.629. The third-order valence-electron chi connectivity index (χ3n) is 5.11. The topological polar surface area (TPSA) is 80.6 Å². The Hall–Kier alpha value is -1.96. The van der Waals surface area contributed by atoms with Crippen LogP contribution < -0.4 is 0 Å². The Balaban J connectivity index is 1.68. The molecule has 2 aliphatic rings. The lowest BCUT2D eigenvalue weighted by Crippen LogP contribution is -2.61. The van der Waals surface area contributed by atoms with Gasteiger partial charge in [0.15, 0.2) is 0 Å². The van der Waals surface area contributed by atoms with E-state index in [0.717, 1.165) is 32.2 Å². The van der Waals surface area contributed by atoms with Crippen LogP contribution in [-0.4, -0.2) is 75.3 Å². The predicted octanol–water partition coefficient (Wildman–Crippen LogP) is 0.298. The highest BCUT2D eigenvalue weighted by Crippen LogP contribution is 2.38. The summed E-state index contributed by atoms with van der Waals surface area (Å²) in [6.45, 7) is 3.10. The van der Waals surface area contributed by atoms with E-state index < -0.39 is 5.54 Å². The maximum atomic E-state index is 13.1. The number of carbonyl (C=O) groups excluding carboxylic acids is 2. The SMILES string of the molecule is COCCN1CCCC2(CCCN2C(=O)CCn2cnnc2)C1=O. The van der Waals surface area contributed by atoms with E-state index >= 15 is 0 Å². The van der Waals surface area contributed by atoms with Crippen molar-refractivity contribution in [3.05, 3.63) is 12.7 Å². The molecule has 1 unspecified atom stereocenters. The van der Waals surface area contributed by atoms with Crippen LogP contribution in [-0.2, 0) is 20.9 Å². The van der Waals surface area contributed by atoms with Crippen molar-refractivity contribution in [3.63, 3.8) is 0 Å². The standard InChI is InChI=1S/C16H25N5O3/c1-24-11-10-20-7-2-5-16(15(20)23)6-3-8-21(16)14(22)4-9-19-12-17-18-13-19/h12-13H,2-11H2,1H3. The lowest BCUT2D eigenvalue weighted by atomic mass is 9.85. The van der Waals surface area contributed by atoms with Gasteiger partial charge < -0.3 is 19.1 Å². The average molecular weight is 335 g/mol. The summed E-state index contributed by atoms with van der Waals surface area (Å²) in [7, 11) is 1.64. The summed E-state index contributed by atoms with van der Waals surface area (Å²) in [5.74, 6) is 0.143. The average Bonchev–Trinajstić information content (AvgIpc) is 3.24. The van der Waals surface area contributed by atoms with Gasteiger partial charge in [0.2, 0.25) is 11.8 Å². The number of piperidine rings is 1. The van der Waals surface area contributed by atoms with Gasteiger partial charge in [-0.15, -0.1) is 10.2 Å². The van der Waals surface area contributed by atoms with E-state index in [1.807, 2.05) is 9.80 Å². The number of amides is 2. The molecule has 2 fully saturated rings. The summed E-state index contributed by atoms with van der Waals surface area (Å²) in [6.07, 6.45) is 6.94. The molecule has 8 heteroatoms. The number of hydrogen-bond acceptors (Lipinski definition) is 5. The van der Waals surface area contributed by atoms with Gasteiger partial charge in [0.25, 0.3) is 0 Å². The van der Waals surface area contributed by atoms with E-state index in [-0.39, 0.29) is 11.8 Å². The normalized spacial score (nSPS) is 24.1. The summed E-state index contributed by atoms with van der Waals surface area (Å²) in [6, 6.07) is 0. The fourth-order valence-corrected chi connectivity index (χ4v) is 3.90. The van der Waals surface area contributed by atoms with E-state index in [4.69, 9.17) is 4.74 Å². The molecule has 1 aromatic rings. The number of rotatable bonds is 6. The maximum Gasteiger partial charge on any atom is 0.248 e. The fourth-order valence-electron chi connectivity index (χ4n) is 3.90. The van der Waals surface area contributed by atoms with Crippen LogP contribution in [0.5, 0.6) is 0 Å². The number of ether oxygens (including phenoxy) is 1. The van der Waals surface area contributed by atoms with Crippen molar-refractivity contribution < 1.29 is 14.3 Å². The smallest absolute Gasteiger partial charge is 0.248 e. The van der Waals surface area contributed by atoms with Crippen LogP contribution >= 0.6 is 0 Å². The zero-order chi connectivity index (χ0) is 17.0. The highest BCUT2D eigenvalue weighted by atomic mass is 16.5. The second kappa shape index (κ2) is 7.29. The first-order valence-electron chi connectivity index (χ1n) is 8.58. The monoisotopic (exact) mass is 335 g/mol. The van der Waals surface area contributed by atoms with Gasteiger partial charge >= 0.3 is 0 Å². The van der Waals surface area contributed by atoms with Crippen LogP contribution in [0.25, 0.3) is 0 Å². The van der Waals surface area contributed by atoms with Crippen molar-refractivity contribution in [2.75, 3.05) is 33.4 Å². The fraction of sp³-hybridized carbons (Fsp3) is 0.750. The van der Waals surface area contributed by atoms with Crippen LogP contribution in [0.15, 0.2) is 12.7 Å². The number of methoxy groups -OCH3 is 1. The summed E-state index contributed by atoms with van der Waals surface area (Å²) >= 11 is 0. The van der Waals surface area contributed by atoms with Crippen LogP contribution in [0.1, 0.15) is 32.1 Å². The molecular formula is C16H25N5O3. The van der Waals surface area contributed by atoms with Crippen molar-refractivity contribution in [1.82, 2.24) is 24.6 Å². The van der Waals surface area contributed by atoms with Crippen LogP contribution in [0.2, 0.25) is 0 Å². The van der Waals surface area contributed by atoms with Gasteiger partial charge in [-0.05, 0) is 25.7 Å². The van der Waals surface area contributed by atoms with Gasteiger partial charge in [0.05, 0.1) is 6.61 Å². The third-order valence-corrected chi connectivity index (χ3v) is 5.11. The van der Waals surface area contributed by atoms with Crippen molar-refractivity contribution >= 4 is 11.8 Å². The van der Waals surface area contributed by atoms with Crippen molar-refractivity contribution in [2.24, 2.45) is 0 Å². The Kier molecular flexibility index (Phi) is 5.13. The molecule has 1 aromatic heterocycles. The number of nitrogens with zero attached hydrogens (tertiary/aromatic N) is 5. The molecule has 1 spiro atoms. The van der Waals surface area contributed by atoms with E-state index in [9.17, 15) is 9.59 Å². The van der Waals surface area contributed by atoms with Gasteiger partial charge in [0, 0.05) is 39.7 Å². The first-order valence-corrected chi connectivity index (χ1v) is 8.58. The second-order valence-corrected chi connectivity index (χ2v) is 6.52. The molecule has 0 aromatic carbocycles. The van der Waals surface area contributed by atoms with E-state index in [1.54, 1.807) is 24.3 Å². The summed E-state index contributed by atoms with van der Waals surface area (Å²) in [5, 5.41) is 7.49. The highest BCUT2D eigenvalue weighted by Gasteiger charge is 2.52. The van der Waals surface area contributed by atoms with E-state index in [1.165, 1.54) is 0 Å². The van der Waals surface area contributed by atoms with Crippen LogP contribution in [0.3, 0.4) is 0 Å². The molecule has 3 heterocycles. The Bertz CT molecular complexity index is 576. The molecule has 132 valence electrons. The molecule has 0 saturated carbocycles. The third kappa shape index (κ3) is 3.15. The lowest BCUT2D eigenvalue weighted by molar-refractivity contribution is -0.155. The minimum absolute atomic E-state index is 0.0446. The Morgan fingerprint density at radius 3 is 2.62 bits per heavy atom. The lowest BCUT2D eigenvalue weighted by Gasteiger charge is -2.44. The minimum Gasteiger partial charge on any atom is -0.383 e. The predicted molar refractivity (Wildman–Crippen MR) is 86.0 cm³/mol. The van der Waals surface area contributed by atoms with Gasteiger partial charge in [-0.2, -0.15) is 0 Å². The van der Waals surface area contributed by atoms with Gasteiger partial charge in [0.1, 0.15) is 18.2 Å². The molecule has 1 atom stereocenters. The maximum absolute atomic E-state index is 13.1. The van der Waals surface area contributed by atoms with Crippen molar-refractivity contribution in [3.8, 4) is 0 Å². The van der Waals surface area contributed by atoms with Crippen molar-refractivity contribution in [1.29, 1.82) is 0 Å². The molecule has 2 amide bonds. The quantitative estimate of drug-likeness (QED) is 0.747. The first-order chi connectivity index (χ1) is 11.7. The Morgan fingerprint density at radius 1 is 1.21 bits per heavy atom. The molecule has 24 heavy (non-hydrogen) atoms. The van der Waals surface area contributed by atoms with Gasteiger partial charge in [-0.3, -0.25) is 9.59 Å². The largest absolute Gasteiger partial charge is 0.383 e. The summed E-state index contributed by atoms with van der Waals surface area (Å²) in [5.41, 5.74) is -0.629.